The second-order valence-electron chi connectivity index (χ2n) is 9.85. The van der Waals surface area contributed by atoms with Crippen LogP contribution in [-0.4, -0.2) is 51.4 Å². The second-order valence-corrected chi connectivity index (χ2v) is 11.7. The van der Waals surface area contributed by atoms with Gasteiger partial charge in [-0.2, -0.15) is 0 Å². The highest BCUT2D eigenvalue weighted by Gasteiger charge is 2.32. The topological polar surface area (TPSA) is 96.0 Å². The summed E-state index contributed by atoms with van der Waals surface area (Å²) >= 11 is 0. The Kier molecular flexibility index (Phi) is 10.1. The summed E-state index contributed by atoms with van der Waals surface area (Å²) < 4.78 is 34.0. The van der Waals surface area contributed by atoms with E-state index in [-0.39, 0.29) is 29.0 Å². The van der Waals surface area contributed by atoms with Gasteiger partial charge in [0.05, 0.1) is 17.7 Å². The third-order valence-corrected chi connectivity index (χ3v) is 8.03. The van der Waals surface area contributed by atoms with Gasteiger partial charge in [0, 0.05) is 19.2 Å². The van der Waals surface area contributed by atoms with Crippen LogP contribution >= 0.6 is 0 Å². The smallest absolute Gasteiger partial charge is 0.264 e. The van der Waals surface area contributed by atoms with E-state index in [1.165, 1.54) is 24.1 Å². The molecular weight excluding hydrogens is 514 g/mol. The van der Waals surface area contributed by atoms with Crippen molar-refractivity contribution in [1.82, 2.24) is 10.2 Å². The summed E-state index contributed by atoms with van der Waals surface area (Å²) in [7, 11) is -2.64. The molecule has 0 aliphatic heterocycles. The Balaban J connectivity index is 2.02. The molecule has 0 spiro atoms. The molecule has 9 heteroatoms. The summed E-state index contributed by atoms with van der Waals surface area (Å²) in [4.78, 5) is 28.5. The molecule has 39 heavy (non-hydrogen) atoms. The summed E-state index contributed by atoms with van der Waals surface area (Å²) in [5.74, 6) is -0.123. The van der Waals surface area contributed by atoms with Gasteiger partial charge >= 0.3 is 0 Å². The molecule has 1 atom stereocenters. The molecule has 3 aromatic carbocycles. The highest BCUT2D eigenvalue weighted by molar-refractivity contribution is 7.92. The fraction of sp³-hybridized carbons (Fsp3) is 0.333. The van der Waals surface area contributed by atoms with E-state index >= 15 is 0 Å². The van der Waals surface area contributed by atoms with Crippen molar-refractivity contribution in [3.8, 4) is 5.75 Å². The summed E-state index contributed by atoms with van der Waals surface area (Å²) in [5.41, 5.74) is 2.13. The molecule has 0 radical (unpaired) electrons. The third kappa shape index (κ3) is 7.83. The number of anilines is 1. The number of hydrogen-bond acceptors (Lipinski definition) is 5. The molecule has 208 valence electrons. The monoisotopic (exact) mass is 551 g/mol. The van der Waals surface area contributed by atoms with Crippen LogP contribution in [0.25, 0.3) is 0 Å². The van der Waals surface area contributed by atoms with Gasteiger partial charge in [0.2, 0.25) is 11.8 Å². The lowest BCUT2D eigenvalue weighted by Gasteiger charge is -2.32. The van der Waals surface area contributed by atoms with Crippen molar-refractivity contribution in [1.29, 1.82) is 0 Å². The first-order chi connectivity index (χ1) is 18.5. The van der Waals surface area contributed by atoms with Gasteiger partial charge in [0.1, 0.15) is 18.3 Å². The van der Waals surface area contributed by atoms with Crippen LogP contribution in [0.1, 0.15) is 31.9 Å². The Labute approximate surface area is 231 Å². The molecule has 0 unspecified atom stereocenters. The number of hydrogen-bond donors (Lipinski definition) is 1. The van der Waals surface area contributed by atoms with E-state index in [4.69, 9.17) is 4.74 Å². The third-order valence-electron chi connectivity index (χ3n) is 6.24. The molecule has 0 heterocycles. The van der Waals surface area contributed by atoms with Crippen molar-refractivity contribution in [2.24, 2.45) is 5.92 Å². The van der Waals surface area contributed by atoms with E-state index in [2.05, 4.69) is 5.32 Å². The highest BCUT2D eigenvalue weighted by Crippen LogP contribution is 2.27. The van der Waals surface area contributed by atoms with Gasteiger partial charge in [-0.25, -0.2) is 8.42 Å². The average molecular weight is 552 g/mol. The summed E-state index contributed by atoms with van der Waals surface area (Å²) in [6.45, 7) is 7.69. The number of methoxy groups -OCH3 is 1. The number of rotatable bonds is 12. The molecule has 2 amide bonds. The molecule has 0 fully saturated rings. The molecule has 0 aromatic heterocycles. The van der Waals surface area contributed by atoms with Gasteiger partial charge in [-0.15, -0.1) is 0 Å². The van der Waals surface area contributed by atoms with Crippen molar-refractivity contribution in [3.05, 3.63) is 90.0 Å². The van der Waals surface area contributed by atoms with Gasteiger partial charge in [0.25, 0.3) is 10.0 Å². The minimum Gasteiger partial charge on any atom is -0.497 e. The molecule has 0 aliphatic carbocycles. The fourth-order valence-corrected chi connectivity index (χ4v) is 5.48. The largest absolute Gasteiger partial charge is 0.497 e. The molecule has 0 saturated carbocycles. The summed E-state index contributed by atoms with van der Waals surface area (Å²) in [6.07, 6.45) is 0. The van der Waals surface area contributed by atoms with E-state index in [9.17, 15) is 18.0 Å². The number of nitrogens with zero attached hydrogens (tertiary/aromatic N) is 2. The minimum absolute atomic E-state index is 0.0496. The van der Waals surface area contributed by atoms with Gasteiger partial charge < -0.3 is 15.0 Å². The Bertz CT molecular complexity index is 1380. The van der Waals surface area contributed by atoms with Gasteiger partial charge in [0.15, 0.2) is 0 Å². The highest BCUT2D eigenvalue weighted by atomic mass is 32.2. The van der Waals surface area contributed by atoms with Crippen molar-refractivity contribution >= 4 is 27.5 Å². The lowest BCUT2D eigenvalue weighted by atomic mass is 10.1. The predicted molar refractivity (Wildman–Crippen MR) is 153 cm³/mol. The SMILES string of the molecule is COc1cccc(N(CC(=O)N(Cc2cccc(C)c2)[C@@H](C)C(=O)NCC(C)C)S(=O)(=O)c2ccccc2)c1. The number of carbonyl (C=O) groups is 2. The van der Waals surface area contributed by atoms with E-state index in [1.54, 1.807) is 49.4 Å². The molecule has 3 rings (SSSR count). The number of carbonyl (C=O) groups excluding carboxylic acids is 2. The zero-order chi connectivity index (χ0) is 28.6. The Hall–Kier alpha value is -3.85. The van der Waals surface area contributed by atoms with Gasteiger partial charge in [-0.05, 0) is 49.6 Å². The van der Waals surface area contributed by atoms with Crippen LogP contribution in [-0.2, 0) is 26.2 Å². The van der Waals surface area contributed by atoms with E-state index < -0.39 is 28.5 Å². The standard InChI is InChI=1S/C30H37N3O5S/c1-22(2)19-31-30(35)24(4)32(20-25-12-9-11-23(3)17-25)29(34)21-33(26-13-10-14-27(18-26)38-5)39(36,37)28-15-7-6-8-16-28/h6-18,22,24H,19-21H2,1-5H3,(H,31,35)/t24-/m0/s1. The number of aryl methyl sites for hydroxylation is 1. The normalized spacial score (nSPS) is 12.1. The van der Waals surface area contributed by atoms with Crippen molar-refractivity contribution in [3.63, 3.8) is 0 Å². The fourth-order valence-electron chi connectivity index (χ4n) is 4.06. The lowest BCUT2D eigenvalue weighted by molar-refractivity contribution is -0.139. The molecule has 0 aliphatic rings. The maximum Gasteiger partial charge on any atom is 0.264 e. The predicted octanol–water partition coefficient (Wildman–Crippen LogP) is 4.39. The number of sulfonamides is 1. The van der Waals surface area contributed by atoms with Crippen LogP contribution in [0.3, 0.4) is 0 Å². The molecule has 1 N–H and O–H groups in total. The molecule has 0 saturated heterocycles. The van der Waals surface area contributed by atoms with Gasteiger partial charge in [-0.1, -0.05) is 67.9 Å². The maximum absolute atomic E-state index is 13.9. The quantitative estimate of drug-likeness (QED) is 0.360. The Morgan fingerprint density at radius 1 is 0.923 bits per heavy atom. The molecule has 8 nitrogen and oxygen atoms in total. The average Bonchev–Trinajstić information content (AvgIpc) is 2.93. The number of ether oxygens (including phenoxy) is 1. The zero-order valence-electron chi connectivity index (χ0n) is 23.1. The van der Waals surface area contributed by atoms with Crippen LogP contribution in [0, 0.1) is 12.8 Å². The Morgan fingerprint density at radius 3 is 2.26 bits per heavy atom. The van der Waals surface area contributed by atoms with E-state index in [0.717, 1.165) is 15.4 Å². The van der Waals surface area contributed by atoms with Gasteiger partial charge in [-0.3, -0.25) is 13.9 Å². The minimum atomic E-state index is -4.12. The van der Waals surface area contributed by atoms with Crippen molar-refractivity contribution in [2.45, 2.75) is 45.2 Å². The van der Waals surface area contributed by atoms with Crippen molar-refractivity contribution in [2.75, 3.05) is 24.5 Å². The summed E-state index contributed by atoms with van der Waals surface area (Å²) in [5, 5.41) is 2.89. The lowest BCUT2D eigenvalue weighted by Crippen LogP contribution is -2.51. The first-order valence-electron chi connectivity index (χ1n) is 12.9. The van der Waals surface area contributed by atoms with Crippen molar-refractivity contribution < 1.29 is 22.7 Å². The maximum atomic E-state index is 13.9. The van der Waals surface area contributed by atoms with Crippen LogP contribution < -0.4 is 14.4 Å². The van der Waals surface area contributed by atoms with Crippen LogP contribution in [0.15, 0.2) is 83.8 Å². The van der Waals surface area contributed by atoms with Crippen LogP contribution in [0.4, 0.5) is 5.69 Å². The molecule has 0 bridgehead atoms. The zero-order valence-corrected chi connectivity index (χ0v) is 23.9. The number of nitrogens with one attached hydrogen (secondary N) is 1. The first-order valence-corrected chi connectivity index (χ1v) is 14.3. The first kappa shape index (κ1) is 29.7. The Morgan fingerprint density at radius 2 is 1.62 bits per heavy atom. The molecular formula is C30H37N3O5S. The molecule has 3 aromatic rings. The summed E-state index contributed by atoms with van der Waals surface area (Å²) in [6, 6.07) is 21.3. The number of amides is 2. The van der Waals surface area contributed by atoms with Crippen LogP contribution in [0.5, 0.6) is 5.75 Å². The van der Waals surface area contributed by atoms with E-state index in [0.29, 0.717) is 12.3 Å². The van der Waals surface area contributed by atoms with E-state index in [1.807, 2.05) is 45.0 Å². The van der Waals surface area contributed by atoms with Crippen LogP contribution in [0.2, 0.25) is 0 Å². The second kappa shape index (κ2) is 13.3. The number of benzene rings is 3.